The highest BCUT2D eigenvalue weighted by Crippen LogP contribution is 2.26. The van der Waals surface area contributed by atoms with E-state index in [1.165, 1.54) is 35.8 Å². The highest BCUT2D eigenvalue weighted by Gasteiger charge is 2.32. The average molecular weight is 556 g/mol. The molecule has 0 aliphatic rings. The molecule has 1 N–H and O–H groups in total. The zero-order chi connectivity index (χ0) is 27.9. The molecule has 2 amide bonds. The van der Waals surface area contributed by atoms with Gasteiger partial charge in [-0.3, -0.25) is 13.9 Å². The van der Waals surface area contributed by atoms with Crippen molar-refractivity contribution in [2.45, 2.75) is 36.2 Å². The summed E-state index contributed by atoms with van der Waals surface area (Å²) >= 11 is 1.51. The minimum atomic E-state index is -4.09. The van der Waals surface area contributed by atoms with Gasteiger partial charge in [-0.1, -0.05) is 29.8 Å². The molecular formula is C28H33N3O5S2. The number of anilines is 1. The van der Waals surface area contributed by atoms with Gasteiger partial charge in [0.2, 0.25) is 11.8 Å². The molecule has 0 unspecified atom stereocenters. The molecule has 3 rings (SSSR count). The van der Waals surface area contributed by atoms with E-state index in [0.29, 0.717) is 11.4 Å². The van der Waals surface area contributed by atoms with Crippen molar-refractivity contribution in [1.82, 2.24) is 10.2 Å². The Kier molecular flexibility index (Phi) is 9.82. The number of aryl methyl sites for hydroxylation is 1. The van der Waals surface area contributed by atoms with Crippen molar-refractivity contribution in [3.8, 4) is 5.75 Å². The summed E-state index contributed by atoms with van der Waals surface area (Å²) < 4.78 is 33.9. The molecule has 0 spiro atoms. The zero-order valence-electron chi connectivity index (χ0n) is 22.2. The Hall–Kier alpha value is -3.50. The van der Waals surface area contributed by atoms with E-state index in [1.807, 2.05) is 13.2 Å². The van der Waals surface area contributed by atoms with Crippen molar-refractivity contribution >= 4 is 39.3 Å². The second-order valence-corrected chi connectivity index (χ2v) is 11.4. The standard InChI is InChI=1S/C28H33N3O5S2/c1-20-6-10-23(11-7-20)31(38(34,35)26-16-14-25(37-5)15-17-26)19-27(32)30(21(2)28(33)29-3)18-22-8-12-24(36-4)13-9-22/h6-17,21H,18-19H2,1-5H3,(H,29,33)/t21-/m1/s1. The zero-order valence-corrected chi connectivity index (χ0v) is 23.8. The summed E-state index contributed by atoms with van der Waals surface area (Å²) in [4.78, 5) is 28.7. The van der Waals surface area contributed by atoms with Gasteiger partial charge in [0.05, 0.1) is 17.7 Å². The number of thioether (sulfide) groups is 1. The first-order valence-corrected chi connectivity index (χ1v) is 14.6. The lowest BCUT2D eigenvalue weighted by molar-refractivity contribution is -0.139. The maximum absolute atomic E-state index is 13.8. The predicted molar refractivity (Wildman–Crippen MR) is 151 cm³/mol. The Balaban J connectivity index is 2.01. The van der Waals surface area contributed by atoms with E-state index in [0.717, 1.165) is 20.3 Å². The highest BCUT2D eigenvalue weighted by molar-refractivity contribution is 7.98. The molecule has 10 heteroatoms. The Bertz CT molecular complexity index is 1340. The Morgan fingerprint density at radius 3 is 2.11 bits per heavy atom. The fourth-order valence-electron chi connectivity index (χ4n) is 3.83. The van der Waals surface area contributed by atoms with Crippen LogP contribution in [0.25, 0.3) is 0 Å². The molecule has 0 fully saturated rings. The normalized spacial score (nSPS) is 11.9. The number of amides is 2. The lowest BCUT2D eigenvalue weighted by Crippen LogP contribution is -2.50. The van der Waals surface area contributed by atoms with E-state index in [4.69, 9.17) is 4.74 Å². The van der Waals surface area contributed by atoms with E-state index in [2.05, 4.69) is 5.32 Å². The first-order valence-electron chi connectivity index (χ1n) is 12.0. The number of rotatable bonds is 11. The van der Waals surface area contributed by atoms with Crippen LogP contribution in [0.5, 0.6) is 5.75 Å². The summed E-state index contributed by atoms with van der Waals surface area (Å²) in [5.41, 5.74) is 2.08. The van der Waals surface area contributed by atoms with Gasteiger partial charge in [-0.05, 0) is 74.2 Å². The van der Waals surface area contributed by atoms with Crippen molar-refractivity contribution in [2.24, 2.45) is 0 Å². The molecule has 0 heterocycles. The molecule has 0 saturated heterocycles. The summed E-state index contributed by atoms with van der Waals surface area (Å²) in [6.07, 6.45) is 1.91. The summed E-state index contributed by atoms with van der Waals surface area (Å²) in [5.74, 6) is -0.207. The maximum atomic E-state index is 13.8. The van der Waals surface area contributed by atoms with Crippen LogP contribution in [-0.2, 0) is 26.2 Å². The van der Waals surface area contributed by atoms with Crippen molar-refractivity contribution in [1.29, 1.82) is 0 Å². The predicted octanol–water partition coefficient (Wildman–Crippen LogP) is 4.08. The molecule has 0 radical (unpaired) electrons. The number of ether oxygens (including phenoxy) is 1. The fourth-order valence-corrected chi connectivity index (χ4v) is 5.66. The quantitative estimate of drug-likeness (QED) is 0.358. The minimum Gasteiger partial charge on any atom is -0.497 e. The summed E-state index contributed by atoms with van der Waals surface area (Å²) in [6.45, 7) is 3.15. The number of likely N-dealkylation sites (N-methyl/N-ethyl adjacent to an activating group) is 1. The summed E-state index contributed by atoms with van der Waals surface area (Å²) in [5, 5.41) is 2.58. The second kappa shape index (κ2) is 12.8. The van der Waals surface area contributed by atoms with Crippen molar-refractivity contribution in [3.05, 3.63) is 83.9 Å². The molecule has 0 aromatic heterocycles. The molecule has 3 aromatic carbocycles. The number of sulfonamides is 1. The van der Waals surface area contributed by atoms with Crippen LogP contribution in [0.15, 0.2) is 82.6 Å². The Morgan fingerprint density at radius 1 is 0.974 bits per heavy atom. The lowest BCUT2D eigenvalue weighted by atomic mass is 10.1. The van der Waals surface area contributed by atoms with E-state index in [9.17, 15) is 18.0 Å². The number of benzene rings is 3. The Morgan fingerprint density at radius 2 is 1.58 bits per heavy atom. The third-order valence-electron chi connectivity index (χ3n) is 6.17. The number of methoxy groups -OCH3 is 1. The van der Waals surface area contributed by atoms with E-state index in [-0.39, 0.29) is 17.3 Å². The molecular weight excluding hydrogens is 522 g/mol. The Labute approximate surface area is 229 Å². The molecule has 3 aromatic rings. The third kappa shape index (κ3) is 6.87. The maximum Gasteiger partial charge on any atom is 0.264 e. The van der Waals surface area contributed by atoms with Gasteiger partial charge in [-0.15, -0.1) is 11.8 Å². The molecule has 38 heavy (non-hydrogen) atoms. The highest BCUT2D eigenvalue weighted by atomic mass is 32.2. The summed E-state index contributed by atoms with van der Waals surface area (Å²) in [6, 6.07) is 19.8. The lowest BCUT2D eigenvalue weighted by Gasteiger charge is -2.31. The number of hydrogen-bond acceptors (Lipinski definition) is 6. The molecule has 0 aliphatic heterocycles. The molecule has 0 aliphatic carbocycles. The first-order chi connectivity index (χ1) is 18.1. The number of nitrogens with zero attached hydrogens (tertiary/aromatic N) is 2. The average Bonchev–Trinajstić information content (AvgIpc) is 2.94. The first kappa shape index (κ1) is 29.1. The fraction of sp³-hybridized carbons (Fsp3) is 0.286. The SMILES string of the molecule is CNC(=O)[C@@H](C)N(Cc1ccc(OC)cc1)C(=O)CN(c1ccc(C)cc1)S(=O)(=O)c1ccc(SC)cc1. The van der Waals surface area contributed by atoms with Gasteiger partial charge in [0.1, 0.15) is 18.3 Å². The van der Waals surface area contributed by atoms with Crippen LogP contribution in [-0.4, -0.2) is 58.1 Å². The molecule has 0 bridgehead atoms. The van der Waals surface area contributed by atoms with Crippen LogP contribution in [0.1, 0.15) is 18.1 Å². The monoisotopic (exact) mass is 555 g/mol. The van der Waals surface area contributed by atoms with Gasteiger partial charge in [0.25, 0.3) is 10.0 Å². The van der Waals surface area contributed by atoms with Crippen molar-refractivity contribution < 1.29 is 22.7 Å². The second-order valence-electron chi connectivity index (χ2n) is 8.68. The molecule has 1 atom stereocenters. The van der Waals surface area contributed by atoms with Gasteiger partial charge in [0, 0.05) is 18.5 Å². The van der Waals surface area contributed by atoms with Crippen LogP contribution in [0.2, 0.25) is 0 Å². The van der Waals surface area contributed by atoms with E-state index >= 15 is 0 Å². The largest absolute Gasteiger partial charge is 0.497 e. The van der Waals surface area contributed by atoms with Gasteiger partial charge in [-0.25, -0.2) is 8.42 Å². The number of carbonyl (C=O) groups is 2. The van der Waals surface area contributed by atoms with Crippen LogP contribution < -0.4 is 14.4 Å². The van der Waals surface area contributed by atoms with Gasteiger partial charge < -0.3 is 15.0 Å². The van der Waals surface area contributed by atoms with Gasteiger partial charge >= 0.3 is 0 Å². The van der Waals surface area contributed by atoms with Gasteiger partial charge in [0.15, 0.2) is 0 Å². The molecule has 0 saturated carbocycles. The van der Waals surface area contributed by atoms with Crippen molar-refractivity contribution in [2.75, 3.05) is 31.3 Å². The molecule has 8 nitrogen and oxygen atoms in total. The topological polar surface area (TPSA) is 96.0 Å². The van der Waals surface area contributed by atoms with E-state index in [1.54, 1.807) is 74.7 Å². The van der Waals surface area contributed by atoms with Crippen LogP contribution >= 0.6 is 11.8 Å². The smallest absolute Gasteiger partial charge is 0.264 e. The van der Waals surface area contributed by atoms with Crippen molar-refractivity contribution in [3.63, 3.8) is 0 Å². The minimum absolute atomic E-state index is 0.0738. The van der Waals surface area contributed by atoms with Crippen LogP contribution in [0.4, 0.5) is 5.69 Å². The molecule has 202 valence electrons. The number of carbonyl (C=O) groups excluding carboxylic acids is 2. The summed E-state index contributed by atoms with van der Waals surface area (Å²) in [7, 11) is -1.04. The van der Waals surface area contributed by atoms with Crippen LogP contribution in [0.3, 0.4) is 0 Å². The van der Waals surface area contributed by atoms with Gasteiger partial charge in [-0.2, -0.15) is 0 Å². The van der Waals surface area contributed by atoms with Crippen LogP contribution in [0, 0.1) is 6.92 Å². The van der Waals surface area contributed by atoms with E-state index < -0.39 is 28.5 Å². The third-order valence-corrected chi connectivity index (χ3v) is 8.71. The number of nitrogens with one attached hydrogen (secondary N) is 1. The number of hydrogen-bond donors (Lipinski definition) is 1.